The number of amides is 1. The maximum atomic E-state index is 12.1. The lowest BCUT2D eigenvalue weighted by Crippen LogP contribution is -2.50. The lowest BCUT2D eigenvalue weighted by atomic mass is 9.98. The van der Waals surface area contributed by atoms with E-state index >= 15 is 0 Å². The summed E-state index contributed by atoms with van der Waals surface area (Å²) in [4.78, 5) is 22.4. The molecule has 0 spiro atoms. The third kappa shape index (κ3) is 2.10. The summed E-state index contributed by atoms with van der Waals surface area (Å²) in [7, 11) is 0. The highest BCUT2D eigenvalue weighted by molar-refractivity contribution is 9.10. The minimum atomic E-state index is -0.550. The van der Waals surface area contributed by atoms with Gasteiger partial charge in [0.15, 0.2) is 5.82 Å². The summed E-state index contributed by atoms with van der Waals surface area (Å²) in [5, 5.41) is 0. The van der Waals surface area contributed by atoms with Gasteiger partial charge >= 0.3 is 6.09 Å². The smallest absolute Gasteiger partial charge is 0.410 e. The molecule has 8 nitrogen and oxygen atoms in total. The quantitative estimate of drug-likeness (QED) is 0.808. The number of carbonyl (C=O) groups excluding carboxylic acids is 1. The van der Waals surface area contributed by atoms with E-state index in [-0.39, 0.29) is 18.2 Å². The minimum Gasteiger partial charge on any atom is -0.441 e. The van der Waals surface area contributed by atoms with Crippen LogP contribution in [0.3, 0.4) is 0 Å². The van der Waals surface area contributed by atoms with Crippen molar-refractivity contribution in [2.45, 2.75) is 31.6 Å². The molecule has 4 rings (SSSR count). The van der Waals surface area contributed by atoms with Crippen molar-refractivity contribution in [1.82, 2.24) is 19.3 Å². The molecular formula is C14H16BrN5O3. The van der Waals surface area contributed by atoms with Crippen molar-refractivity contribution in [2.24, 2.45) is 0 Å². The molecule has 2 aromatic rings. The molecule has 0 saturated carbocycles. The Morgan fingerprint density at radius 2 is 2.26 bits per heavy atom. The predicted octanol–water partition coefficient (Wildman–Crippen LogP) is 1.74. The molecule has 122 valence electrons. The number of halogens is 1. The number of nitrogen functional groups attached to an aromatic ring is 1. The van der Waals surface area contributed by atoms with Gasteiger partial charge in [-0.15, -0.1) is 0 Å². The van der Waals surface area contributed by atoms with E-state index in [0.29, 0.717) is 34.9 Å². The normalized spacial score (nSPS) is 26.4. The second kappa shape index (κ2) is 4.81. The highest BCUT2D eigenvalue weighted by Gasteiger charge is 2.51. The largest absolute Gasteiger partial charge is 0.441 e. The molecule has 0 radical (unpaired) electrons. The summed E-state index contributed by atoms with van der Waals surface area (Å²) in [6.07, 6.45) is 2.72. The Bertz CT molecular complexity index is 805. The van der Waals surface area contributed by atoms with Gasteiger partial charge in [-0.2, -0.15) is 0 Å². The monoisotopic (exact) mass is 381 g/mol. The average Bonchev–Trinajstić information content (AvgIpc) is 2.95. The second-order valence-corrected chi connectivity index (χ2v) is 7.00. The van der Waals surface area contributed by atoms with Crippen LogP contribution in [0, 0.1) is 0 Å². The van der Waals surface area contributed by atoms with Gasteiger partial charge in [-0.05, 0) is 29.8 Å². The first-order chi connectivity index (χ1) is 10.9. The summed E-state index contributed by atoms with van der Waals surface area (Å²) in [5.41, 5.74) is 6.06. The van der Waals surface area contributed by atoms with E-state index in [9.17, 15) is 4.79 Å². The number of hydrogen-bond donors (Lipinski definition) is 1. The van der Waals surface area contributed by atoms with E-state index in [4.69, 9.17) is 15.2 Å². The number of hydrogen-bond acceptors (Lipinski definition) is 6. The molecular weight excluding hydrogens is 366 g/mol. The van der Waals surface area contributed by atoms with Crippen LogP contribution in [0.25, 0.3) is 5.52 Å². The van der Waals surface area contributed by atoms with Crippen molar-refractivity contribution in [3.8, 4) is 0 Å². The van der Waals surface area contributed by atoms with Gasteiger partial charge in [0.05, 0.1) is 19.2 Å². The third-order valence-corrected chi connectivity index (χ3v) is 4.99. The van der Waals surface area contributed by atoms with E-state index in [1.807, 2.05) is 18.2 Å². The standard InChI is InChI=1S/C14H16BrN5O3/c1-14(2)8-6-22-7(5-20(8)13(21)23-14)12-18-10(15)9-11(16)17-3-4-19(9)12/h3-4,7-8H,5-6H2,1-2H3,(H2,16,17)/t7-,8+/m1/s1. The average molecular weight is 382 g/mol. The molecule has 2 atom stereocenters. The fraction of sp³-hybridized carbons (Fsp3) is 0.500. The van der Waals surface area contributed by atoms with Crippen LogP contribution in [-0.2, 0) is 9.47 Å². The zero-order valence-electron chi connectivity index (χ0n) is 12.7. The molecule has 23 heavy (non-hydrogen) atoms. The maximum absolute atomic E-state index is 12.1. The van der Waals surface area contributed by atoms with Crippen molar-refractivity contribution in [1.29, 1.82) is 0 Å². The Hall–Kier alpha value is -1.87. The van der Waals surface area contributed by atoms with Crippen LogP contribution < -0.4 is 5.73 Å². The number of fused-ring (bicyclic) bond motifs is 2. The van der Waals surface area contributed by atoms with Crippen LogP contribution in [0.15, 0.2) is 17.0 Å². The van der Waals surface area contributed by atoms with Crippen LogP contribution >= 0.6 is 15.9 Å². The summed E-state index contributed by atoms with van der Waals surface area (Å²) in [6, 6.07) is -0.0901. The van der Waals surface area contributed by atoms with E-state index in [2.05, 4.69) is 25.9 Å². The van der Waals surface area contributed by atoms with Gasteiger partial charge in [0.2, 0.25) is 0 Å². The molecule has 0 aliphatic carbocycles. The van der Waals surface area contributed by atoms with Crippen LogP contribution in [-0.4, -0.2) is 50.2 Å². The Morgan fingerprint density at radius 1 is 1.48 bits per heavy atom. The molecule has 0 unspecified atom stereocenters. The van der Waals surface area contributed by atoms with E-state index in [0.717, 1.165) is 0 Å². The Balaban J connectivity index is 1.71. The third-order valence-electron chi connectivity index (χ3n) is 4.44. The molecule has 0 bridgehead atoms. The number of aromatic nitrogens is 3. The number of morpholine rings is 1. The number of nitrogens with zero attached hydrogens (tertiary/aromatic N) is 4. The summed E-state index contributed by atoms with van der Waals surface area (Å²) < 4.78 is 13.9. The van der Waals surface area contributed by atoms with E-state index < -0.39 is 5.60 Å². The molecule has 0 aromatic carbocycles. The number of ether oxygens (including phenoxy) is 2. The number of nitrogens with two attached hydrogens (primary N) is 1. The molecule has 2 fully saturated rings. The lowest BCUT2D eigenvalue weighted by Gasteiger charge is -2.36. The first-order valence-corrected chi connectivity index (χ1v) is 8.07. The summed E-state index contributed by atoms with van der Waals surface area (Å²) in [6.45, 7) is 4.58. The predicted molar refractivity (Wildman–Crippen MR) is 84.8 cm³/mol. The first-order valence-electron chi connectivity index (χ1n) is 7.27. The van der Waals surface area contributed by atoms with Crippen molar-refractivity contribution in [3.63, 3.8) is 0 Å². The molecule has 4 heterocycles. The lowest BCUT2D eigenvalue weighted by molar-refractivity contribution is -0.0632. The van der Waals surface area contributed by atoms with Crippen molar-refractivity contribution < 1.29 is 14.3 Å². The van der Waals surface area contributed by atoms with Crippen molar-refractivity contribution >= 4 is 33.4 Å². The molecule has 1 amide bonds. The van der Waals surface area contributed by atoms with Gasteiger partial charge in [0.1, 0.15) is 27.6 Å². The van der Waals surface area contributed by atoms with Crippen LogP contribution in [0.4, 0.5) is 10.6 Å². The van der Waals surface area contributed by atoms with Gasteiger partial charge in [0.25, 0.3) is 0 Å². The fourth-order valence-electron chi connectivity index (χ4n) is 3.21. The number of rotatable bonds is 1. The molecule has 2 aliphatic rings. The second-order valence-electron chi connectivity index (χ2n) is 6.25. The number of anilines is 1. The molecule has 9 heteroatoms. The molecule has 2 aromatic heterocycles. The molecule has 2 saturated heterocycles. The zero-order valence-corrected chi connectivity index (χ0v) is 14.3. The highest BCUT2D eigenvalue weighted by atomic mass is 79.9. The Morgan fingerprint density at radius 3 is 3.04 bits per heavy atom. The van der Waals surface area contributed by atoms with E-state index in [1.54, 1.807) is 17.3 Å². The van der Waals surface area contributed by atoms with Crippen LogP contribution in [0.1, 0.15) is 25.8 Å². The number of imidazole rings is 1. The van der Waals surface area contributed by atoms with Crippen LogP contribution in [0.5, 0.6) is 0 Å². The van der Waals surface area contributed by atoms with Gasteiger partial charge in [0, 0.05) is 12.4 Å². The first kappa shape index (κ1) is 14.7. The number of cyclic esters (lactones) is 1. The van der Waals surface area contributed by atoms with E-state index in [1.165, 1.54) is 0 Å². The number of carbonyl (C=O) groups is 1. The van der Waals surface area contributed by atoms with Crippen molar-refractivity contribution in [2.75, 3.05) is 18.9 Å². The molecule has 2 aliphatic heterocycles. The molecule has 2 N–H and O–H groups in total. The van der Waals surface area contributed by atoms with Gasteiger partial charge in [-0.3, -0.25) is 9.30 Å². The van der Waals surface area contributed by atoms with Gasteiger partial charge in [-0.1, -0.05) is 0 Å². The van der Waals surface area contributed by atoms with Gasteiger partial charge in [-0.25, -0.2) is 14.8 Å². The van der Waals surface area contributed by atoms with Crippen molar-refractivity contribution in [3.05, 3.63) is 22.8 Å². The Labute approximate surface area is 140 Å². The highest BCUT2D eigenvalue weighted by Crippen LogP contribution is 2.37. The summed E-state index contributed by atoms with van der Waals surface area (Å²) in [5.74, 6) is 1.06. The van der Waals surface area contributed by atoms with Gasteiger partial charge < -0.3 is 15.2 Å². The fourth-order valence-corrected chi connectivity index (χ4v) is 3.79. The topological polar surface area (TPSA) is 95.0 Å². The summed E-state index contributed by atoms with van der Waals surface area (Å²) >= 11 is 3.41. The SMILES string of the molecule is CC1(C)OC(=O)N2C[C@H](c3nc(Br)c4c(N)nccn34)OC[C@H]21. The maximum Gasteiger partial charge on any atom is 0.410 e. The van der Waals surface area contributed by atoms with Crippen LogP contribution in [0.2, 0.25) is 0 Å². The minimum absolute atomic E-state index is 0.0901. The zero-order chi connectivity index (χ0) is 16.4. The Kier molecular flexibility index (Phi) is 3.08.